The van der Waals surface area contributed by atoms with Gasteiger partial charge in [0.05, 0.1) is 12.5 Å². The van der Waals surface area contributed by atoms with Gasteiger partial charge >= 0.3 is 5.97 Å². The van der Waals surface area contributed by atoms with Gasteiger partial charge in [-0.1, -0.05) is 13.8 Å². The molecule has 0 aromatic rings. The Bertz CT molecular complexity index is 187. The van der Waals surface area contributed by atoms with Gasteiger partial charge in [0.15, 0.2) is 0 Å². The molecule has 0 bridgehead atoms. The second-order valence-electron chi connectivity index (χ2n) is 3.83. The molecule has 0 fully saturated rings. The third kappa shape index (κ3) is 10.2. The molecule has 0 heterocycles. The molecule has 0 saturated carbocycles. The highest BCUT2D eigenvalue weighted by Gasteiger charge is 2.12. The van der Waals surface area contributed by atoms with Gasteiger partial charge in [-0.25, -0.2) is 0 Å². The van der Waals surface area contributed by atoms with E-state index in [9.17, 15) is 4.79 Å². The van der Waals surface area contributed by atoms with Gasteiger partial charge in [0.2, 0.25) is 0 Å². The number of ether oxygens (including phenoxy) is 3. The molecule has 17 heavy (non-hydrogen) atoms. The SMILES string of the molecule is CCNCC(C)C(=O)OCCOCCCOC. The molecule has 0 aromatic heterocycles. The van der Waals surface area contributed by atoms with E-state index in [-0.39, 0.29) is 11.9 Å². The van der Waals surface area contributed by atoms with Crippen LogP contribution in [0.2, 0.25) is 0 Å². The Morgan fingerprint density at radius 3 is 2.65 bits per heavy atom. The third-order valence-electron chi connectivity index (χ3n) is 2.21. The highest BCUT2D eigenvalue weighted by Crippen LogP contribution is 1.96. The summed E-state index contributed by atoms with van der Waals surface area (Å²) in [5.41, 5.74) is 0. The molecule has 0 aromatic carbocycles. The number of hydrogen-bond donors (Lipinski definition) is 1. The second-order valence-corrected chi connectivity index (χ2v) is 3.83. The lowest BCUT2D eigenvalue weighted by Crippen LogP contribution is -2.28. The van der Waals surface area contributed by atoms with Crippen molar-refractivity contribution in [3.05, 3.63) is 0 Å². The van der Waals surface area contributed by atoms with E-state index in [0.29, 0.717) is 33.0 Å². The summed E-state index contributed by atoms with van der Waals surface area (Å²) in [6, 6.07) is 0. The van der Waals surface area contributed by atoms with E-state index >= 15 is 0 Å². The maximum absolute atomic E-state index is 11.4. The van der Waals surface area contributed by atoms with E-state index in [1.54, 1.807) is 7.11 Å². The van der Waals surface area contributed by atoms with E-state index in [1.165, 1.54) is 0 Å². The molecule has 0 radical (unpaired) electrons. The molecular weight excluding hydrogens is 222 g/mol. The fourth-order valence-corrected chi connectivity index (χ4v) is 1.20. The van der Waals surface area contributed by atoms with Crippen LogP contribution in [0, 0.1) is 5.92 Å². The quantitative estimate of drug-likeness (QED) is 0.433. The van der Waals surface area contributed by atoms with E-state index in [1.807, 2.05) is 13.8 Å². The Labute approximate surface area is 104 Å². The van der Waals surface area contributed by atoms with Crippen LogP contribution in [0.25, 0.3) is 0 Å². The molecule has 0 aliphatic carbocycles. The maximum atomic E-state index is 11.4. The van der Waals surface area contributed by atoms with Crippen LogP contribution in [-0.2, 0) is 19.0 Å². The molecule has 0 rings (SSSR count). The number of methoxy groups -OCH3 is 1. The summed E-state index contributed by atoms with van der Waals surface area (Å²) in [5, 5.41) is 3.11. The Morgan fingerprint density at radius 2 is 2.00 bits per heavy atom. The monoisotopic (exact) mass is 247 g/mol. The molecule has 0 saturated heterocycles. The molecule has 0 amide bonds. The first-order valence-corrected chi connectivity index (χ1v) is 6.16. The van der Waals surface area contributed by atoms with E-state index < -0.39 is 0 Å². The highest BCUT2D eigenvalue weighted by atomic mass is 16.6. The highest BCUT2D eigenvalue weighted by molar-refractivity contribution is 5.72. The standard InChI is InChI=1S/C12H25NO4/c1-4-13-10-11(2)12(14)17-9-8-16-7-5-6-15-3/h11,13H,4-10H2,1-3H3. The predicted octanol–water partition coefficient (Wildman–Crippen LogP) is 0.828. The minimum absolute atomic E-state index is 0.108. The predicted molar refractivity (Wildman–Crippen MR) is 66.0 cm³/mol. The van der Waals surface area contributed by atoms with E-state index in [2.05, 4.69) is 5.32 Å². The third-order valence-corrected chi connectivity index (χ3v) is 2.21. The lowest BCUT2D eigenvalue weighted by Gasteiger charge is -2.11. The van der Waals surface area contributed by atoms with Crippen LogP contribution in [-0.4, -0.2) is 52.6 Å². The Kier molecular flexibility index (Phi) is 11.4. The van der Waals surface area contributed by atoms with Crippen LogP contribution in [0.5, 0.6) is 0 Å². The molecule has 1 unspecified atom stereocenters. The summed E-state index contributed by atoms with van der Waals surface area (Å²) in [6.45, 7) is 7.48. The summed E-state index contributed by atoms with van der Waals surface area (Å²) < 4.78 is 15.2. The fraction of sp³-hybridized carbons (Fsp3) is 0.917. The fourth-order valence-electron chi connectivity index (χ4n) is 1.20. The number of carbonyl (C=O) groups is 1. The molecule has 102 valence electrons. The number of rotatable bonds is 11. The van der Waals surface area contributed by atoms with Crippen LogP contribution >= 0.6 is 0 Å². The largest absolute Gasteiger partial charge is 0.463 e. The van der Waals surface area contributed by atoms with Gasteiger partial charge in [-0.2, -0.15) is 0 Å². The van der Waals surface area contributed by atoms with Crippen molar-refractivity contribution in [2.75, 3.05) is 46.6 Å². The average Bonchev–Trinajstić information content (AvgIpc) is 2.34. The van der Waals surface area contributed by atoms with Gasteiger partial charge in [-0.05, 0) is 13.0 Å². The van der Waals surface area contributed by atoms with Gasteiger partial charge in [-0.3, -0.25) is 4.79 Å². The van der Waals surface area contributed by atoms with Crippen molar-refractivity contribution in [2.24, 2.45) is 5.92 Å². The van der Waals surface area contributed by atoms with Crippen LogP contribution in [0.3, 0.4) is 0 Å². The Hall–Kier alpha value is -0.650. The molecule has 1 atom stereocenters. The van der Waals surface area contributed by atoms with Gasteiger partial charge in [0.25, 0.3) is 0 Å². The first kappa shape index (κ1) is 16.4. The zero-order valence-corrected chi connectivity index (χ0v) is 11.2. The van der Waals surface area contributed by atoms with Gasteiger partial charge in [0.1, 0.15) is 6.61 Å². The molecule has 5 heteroatoms. The van der Waals surface area contributed by atoms with Crippen LogP contribution in [0.4, 0.5) is 0 Å². The van der Waals surface area contributed by atoms with Crippen molar-refractivity contribution in [1.29, 1.82) is 0 Å². The maximum Gasteiger partial charge on any atom is 0.310 e. The molecule has 5 nitrogen and oxygen atoms in total. The number of esters is 1. The summed E-state index contributed by atoms with van der Waals surface area (Å²) in [4.78, 5) is 11.4. The van der Waals surface area contributed by atoms with Gasteiger partial charge < -0.3 is 19.5 Å². The smallest absolute Gasteiger partial charge is 0.310 e. The molecule has 0 aliphatic rings. The van der Waals surface area contributed by atoms with Crippen molar-refractivity contribution < 1.29 is 19.0 Å². The topological polar surface area (TPSA) is 56.8 Å². The zero-order chi connectivity index (χ0) is 12.9. The summed E-state index contributed by atoms with van der Waals surface area (Å²) in [6.07, 6.45) is 0.862. The molecular formula is C12H25NO4. The Balaban J connectivity index is 3.32. The second kappa shape index (κ2) is 11.8. The van der Waals surface area contributed by atoms with Crippen LogP contribution in [0.1, 0.15) is 20.3 Å². The van der Waals surface area contributed by atoms with Gasteiger partial charge in [0, 0.05) is 26.9 Å². The van der Waals surface area contributed by atoms with Crippen molar-refractivity contribution in [3.8, 4) is 0 Å². The van der Waals surface area contributed by atoms with Crippen molar-refractivity contribution in [1.82, 2.24) is 5.32 Å². The molecule has 0 aliphatic heterocycles. The average molecular weight is 247 g/mol. The van der Waals surface area contributed by atoms with Crippen molar-refractivity contribution in [2.45, 2.75) is 20.3 Å². The van der Waals surface area contributed by atoms with Gasteiger partial charge in [-0.15, -0.1) is 0 Å². The summed E-state index contributed by atoms with van der Waals surface area (Å²) >= 11 is 0. The first-order chi connectivity index (χ1) is 8.22. The first-order valence-electron chi connectivity index (χ1n) is 6.16. The lowest BCUT2D eigenvalue weighted by molar-refractivity contribution is -0.149. The zero-order valence-electron chi connectivity index (χ0n) is 11.2. The van der Waals surface area contributed by atoms with Crippen LogP contribution in [0.15, 0.2) is 0 Å². The normalized spacial score (nSPS) is 12.4. The lowest BCUT2D eigenvalue weighted by atomic mass is 10.2. The van der Waals surface area contributed by atoms with E-state index in [4.69, 9.17) is 14.2 Å². The molecule has 0 spiro atoms. The van der Waals surface area contributed by atoms with E-state index in [0.717, 1.165) is 13.0 Å². The molecule has 1 N–H and O–H groups in total. The number of hydrogen-bond acceptors (Lipinski definition) is 5. The number of carbonyl (C=O) groups excluding carboxylic acids is 1. The van der Waals surface area contributed by atoms with Crippen molar-refractivity contribution >= 4 is 5.97 Å². The summed E-state index contributed by atoms with van der Waals surface area (Å²) in [7, 11) is 1.66. The van der Waals surface area contributed by atoms with Crippen LogP contribution < -0.4 is 5.32 Å². The minimum atomic E-state index is -0.175. The number of nitrogens with one attached hydrogen (secondary N) is 1. The minimum Gasteiger partial charge on any atom is -0.463 e. The Morgan fingerprint density at radius 1 is 1.24 bits per heavy atom. The summed E-state index contributed by atoms with van der Waals surface area (Å²) in [5.74, 6) is -0.283. The van der Waals surface area contributed by atoms with Crippen molar-refractivity contribution in [3.63, 3.8) is 0 Å².